The Kier molecular flexibility index (Phi) is 5.30. The fourth-order valence-corrected chi connectivity index (χ4v) is 3.81. The van der Waals surface area contributed by atoms with Crippen molar-refractivity contribution in [2.45, 2.75) is 64.0 Å². The van der Waals surface area contributed by atoms with E-state index in [1.807, 2.05) is 4.90 Å². The maximum atomic E-state index is 12.9. The molecule has 2 aliphatic rings. The minimum Gasteiger partial charge on any atom is -0.464 e. The first-order valence-electron chi connectivity index (χ1n) is 9.25. The molecule has 3 rings (SSSR count). The van der Waals surface area contributed by atoms with Crippen LogP contribution in [0.3, 0.4) is 0 Å². The average Bonchev–Trinajstić information content (AvgIpc) is 3.37. The molecule has 0 radical (unpaired) electrons. The number of hydrogen-bond acceptors (Lipinski definition) is 4. The number of carbonyl (C=O) groups excluding carboxylic acids is 2. The molecule has 7 nitrogen and oxygen atoms in total. The number of hydrogen-bond donors (Lipinski definition) is 1. The first-order valence-corrected chi connectivity index (χ1v) is 9.25. The lowest BCUT2D eigenvalue weighted by Crippen LogP contribution is -2.46. The summed E-state index contributed by atoms with van der Waals surface area (Å²) in [4.78, 5) is 26.6. The van der Waals surface area contributed by atoms with Gasteiger partial charge < -0.3 is 9.64 Å². The second kappa shape index (κ2) is 7.45. The van der Waals surface area contributed by atoms with Crippen LogP contribution >= 0.6 is 0 Å². The number of nitrogens with one attached hydrogen (secondary N) is 1. The van der Waals surface area contributed by atoms with Gasteiger partial charge in [-0.05, 0) is 44.4 Å². The van der Waals surface area contributed by atoms with Gasteiger partial charge in [0.1, 0.15) is 5.69 Å². The van der Waals surface area contributed by atoms with Crippen molar-refractivity contribution in [3.63, 3.8) is 0 Å². The molecule has 0 atom stereocenters. The summed E-state index contributed by atoms with van der Waals surface area (Å²) in [5.41, 5.74) is 0.319. The molecule has 1 aromatic heterocycles. The summed E-state index contributed by atoms with van der Waals surface area (Å²) < 4.78 is 6.15. The van der Waals surface area contributed by atoms with Gasteiger partial charge in [0.25, 0.3) is 0 Å². The van der Waals surface area contributed by atoms with E-state index >= 15 is 0 Å². The Morgan fingerprint density at radius 3 is 2.36 bits per heavy atom. The molecule has 0 bridgehead atoms. The molecular formula is C18H28N4O3. The van der Waals surface area contributed by atoms with Gasteiger partial charge in [0.2, 0.25) is 0 Å². The number of urea groups is 1. The zero-order valence-corrected chi connectivity index (χ0v) is 15.3. The van der Waals surface area contributed by atoms with Gasteiger partial charge in [-0.1, -0.05) is 13.3 Å². The zero-order valence-electron chi connectivity index (χ0n) is 15.3. The molecule has 7 heteroatoms. The SMILES string of the molecule is CCC1CCC(N(C(=O)Nc2cc(C(=O)OC)n(C)n2)C2CC2)CC1. The Labute approximate surface area is 148 Å². The van der Waals surface area contributed by atoms with Crippen molar-refractivity contribution in [2.75, 3.05) is 12.4 Å². The second-order valence-electron chi connectivity index (χ2n) is 7.18. The van der Waals surface area contributed by atoms with Gasteiger partial charge in [0.15, 0.2) is 5.82 Å². The van der Waals surface area contributed by atoms with Crippen LogP contribution in [0, 0.1) is 5.92 Å². The van der Waals surface area contributed by atoms with E-state index in [2.05, 4.69) is 17.3 Å². The highest BCUT2D eigenvalue weighted by molar-refractivity contribution is 5.92. The van der Waals surface area contributed by atoms with Gasteiger partial charge in [-0.15, -0.1) is 0 Å². The topological polar surface area (TPSA) is 76.5 Å². The predicted molar refractivity (Wildman–Crippen MR) is 94.5 cm³/mol. The first kappa shape index (κ1) is 17.8. The zero-order chi connectivity index (χ0) is 18.0. The molecule has 2 amide bonds. The van der Waals surface area contributed by atoms with Crippen LogP contribution in [0.15, 0.2) is 6.07 Å². The number of nitrogens with zero attached hydrogens (tertiary/aromatic N) is 3. The minimum absolute atomic E-state index is 0.100. The molecule has 138 valence electrons. The van der Waals surface area contributed by atoms with Crippen LogP contribution in [0.1, 0.15) is 62.4 Å². The highest BCUT2D eigenvalue weighted by Crippen LogP contribution is 2.36. The lowest BCUT2D eigenvalue weighted by molar-refractivity contribution is 0.0588. The molecule has 1 heterocycles. The quantitative estimate of drug-likeness (QED) is 0.829. The number of esters is 1. The van der Waals surface area contributed by atoms with Crippen LogP contribution < -0.4 is 5.32 Å². The maximum Gasteiger partial charge on any atom is 0.356 e. The van der Waals surface area contributed by atoms with Crippen molar-refractivity contribution >= 4 is 17.8 Å². The van der Waals surface area contributed by atoms with Crippen LogP contribution in [-0.4, -0.2) is 45.9 Å². The van der Waals surface area contributed by atoms with Crippen molar-refractivity contribution in [2.24, 2.45) is 13.0 Å². The van der Waals surface area contributed by atoms with E-state index in [0.29, 0.717) is 23.6 Å². The van der Waals surface area contributed by atoms with Gasteiger partial charge >= 0.3 is 12.0 Å². The second-order valence-corrected chi connectivity index (χ2v) is 7.18. The van der Waals surface area contributed by atoms with Crippen molar-refractivity contribution in [1.29, 1.82) is 0 Å². The number of methoxy groups -OCH3 is 1. The molecule has 1 aromatic rings. The number of anilines is 1. The Morgan fingerprint density at radius 2 is 1.84 bits per heavy atom. The van der Waals surface area contributed by atoms with E-state index < -0.39 is 5.97 Å². The number of carbonyl (C=O) groups is 2. The van der Waals surface area contributed by atoms with Crippen molar-refractivity contribution in [3.05, 3.63) is 11.8 Å². The molecule has 1 N–H and O–H groups in total. The van der Waals surface area contributed by atoms with Crippen LogP contribution in [0.25, 0.3) is 0 Å². The molecule has 0 spiro atoms. The third kappa shape index (κ3) is 3.96. The molecule has 2 saturated carbocycles. The van der Waals surface area contributed by atoms with Gasteiger partial charge in [-0.3, -0.25) is 10.00 Å². The Hall–Kier alpha value is -2.05. The third-order valence-corrected chi connectivity index (χ3v) is 5.47. The fourth-order valence-electron chi connectivity index (χ4n) is 3.81. The number of ether oxygens (including phenoxy) is 1. The van der Waals surface area contributed by atoms with Gasteiger partial charge in [0, 0.05) is 25.2 Å². The Bertz CT molecular complexity index is 630. The highest BCUT2D eigenvalue weighted by Gasteiger charge is 2.39. The molecule has 2 fully saturated rings. The largest absolute Gasteiger partial charge is 0.464 e. The molecule has 0 aromatic carbocycles. The molecular weight excluding hydrogens is 320 g/mol. The standard InChI is InChI=1S/C18H28N4O3/c1-4-12-5-7-13(8-6-12)22(14-9-10-14)18(24)19-16-11-15(17(23)25-3)21(2)20-16/h11-14H,4-10H2,1-3H3,(H,19,20,24). The predicted octanol–water partition coefficient (Wildman–Crippen LogP) is 3.17. The van der Waals surface area contributed by atoms with Crippen LogP contribution in [0.5, 0.6) is 0 Å². The fraction of sp³-hybridized carbons (Fsp3) is 0.722. The van der Waals surface area contributed by atoms with Crippen LogP contribution in [-0.2, 0) is 11.8 Å². The summed E-state index contributed by atoms with van der Waals surface area (Å²) in [6.45, 7) is 2.25. The smallest absolute Gasteiger partial charge is 0.356 e. The lowest BCUT2D eigenvalue weighted by atomic mass is 9.84. The highest BCUT2D eigenvalue weighted by atomic mass is 16.5. The Balaban J connectivity index is 1.67. The summed E-state index contributed by atoms with van der Waals surface area (Å²) in [6.07, 6.45) is 7.96. The number of aromatic nitrogens is 2. The monoisotopic (exact) mass is 348 g/mol. The van der Waals surface area contributed by atoms with Crippen LogP contribution in [0.4, 0.5) is 10.6 Å². The molecule has 0 saturated heterocycles. The van der Waals surface area contributed by atoms with Gasteiger partial charge in [-0.2, -0.15) is 5.10 Å². The minimum atomic E-state index is -0.465. The van der Waals surface area contributed by atoms with E-state index in [9.17, 15) is 9.59 Å². The van der Waals surface area contributed by atoms with Crippen LogP contribution in [0.2, 0.25) is 0 Å². The van der Waals surface area contributed by atoms with Crippen molar-refractivity contribution in [1.82, 2.24) is 14.7 Å². The average molecular weight is 348 g/mol. The van der Waals surface area contributed by atoms with Gasteiger partial charge in [-0.25, -0.2) is 9.59 Å². The number of amides is 2. The molecule has 2 aliphatic carbocycles. The summed E-state index contributed by atoms with van der Waals surface area (Å²) in [5.74, 6) is 0.729. The molecule has 0 aliphatic heterocycles. The van der Waals surface area contributed by atoms with Crippen molar-refractivity contribution < 1.29 is 14.3 Å². The first-order chi connectivity index (χ1) is 12.0. The van der Waals surface area contributed by atoms with E-state index in [0.717, 1.165) is 31.6 Å². The summed E-state index contributed by atoms with van der Waals surface area (Å²) in [5, 5.41) is 7.08. The van der Waals surface area contributed by atoms with Gasteiger partial charge in [0.05, 0.1) is 7.11 Å². The normalized spacial score (nSPS) is 23.2. The lowest BCUT2D eigenvalue weighted by Gasteiger charge is -2.36. The van der Waals surface area contributed by atoms with Crippen molar-refractivity contribution in [3.8, 4) is 0 Å². The van der Waals surface area contributed by atoms with E-state index in [1.165, 1.54) is 31.1 Å². The molecule has 0 unspecified atom stereocenters. The third-order valence-electron chi connectivity index (χ3n) is 5.47. The summed E-state index contributed by atoms with van der Waals surface area (Å²) in [6, 6.07) is 2.13. The summed E-state index contributed by atoms with van der Waals surface area (Å²) >= 11 is 0. The Morgan fingerprint density at radius 1 is 1.24 bits per heavy atom. The molecule has 25 heavy (non-hydrogen) atoms. The number of rotatable bonds is 5. The summed E-state index contributed by atoms with van der Waals surface area (Å²) in [7, 11) is 2.99. The van der Waals surface area contributed by atoms with E-state index in [-0.39, 0.29) is 6.03 Å². The number of aryl methyl sites for hydroxylation is 1. The van der Waals surface area contributed by atoms with E-state index in [4.69, 9.17) is 4.74 Å². The maximum absolute atomic E-state index is 12.9. The van der Waals surface area contributed by atoms with E-state index in [1.54, 1.807) is 13.1 Å².